The van der Waals surface area contributed by atoms with Crippen LogP contribution in [0.15, 0.2) is 29.2 Å². The second-order valence-electron chi connectivity index (χ2n) is 4.19. The van der Waals surface area contributed by atoms with Crippen molar-refractivity contribution in [2.45, 2.75) is 48.9 Å². The number of aliphatic hydroxyl groups excluding tert-OH is 1. The number of hydrogen-bond acceptors (Lipinski definition) is 2. The molecule has 0 amide bonds. The topological polar surface area (TPSA) is 20.2 Å². The van der Waals surface area contributed by atoms with Crippen molar-refractivity contribution in [3.05, 3.63) is 29.8 Å². The van der Waals surface area contributed by atoms with Crippen LogP contribution in [0.4, 0.5) is 0 Å². The first-order chi connectivity index (χ1) is 7.29. The van der Waals surface area contributed by atoms with E-state index in [4.69, 9.17) is 0 Å². The van der Waals surface area contributed by atoms with Gasteiger partial charge < -0.3 is 5.11 Å². The maximum absolute atomic E-state index is 9.53. The van der Waals surface area contributed by atoms with Crippen molar-refractivity contribution in [1.82, 2.24) is 0 Å². The fourth-order valence-corrected chi connectivity index (χ4v) is 3.33. The maximum atomic E-state index is 9.53. The molecule has 82 valence electrons. The molecule has 1 N–H and O–H groups in total. The Labute approximate surface area is 95.9 Å². The Morgan fingerprint density at radius 1 is 1.47 bits per heavy atom. The summed E-state index contributed by atoms with van der Waals surface area (Å²) in [5.74, 6) is 0. The summed E-state index contributed by atoms with van der Waals surface area (Å²) >= 11 is 1.98. The van der Waals surface area contributed by atoms with Gasteiger partial charge >= 0.3 is 0 Å². The van der Waals surface area contributed by atoms with Gasteiger partial charge in [0.15, 0.2) is 0 Å². The molecule has 1 heterocycles. The van der Waals surface area contributed by atoms with Crippen LogP contribution >= 0.6 is 11.8 Å². The molecule has 0 bridgehead atoms. The highest BCUT2D eigenvalue weighted by Crippen LogP contribution is 2.38. The van der Waals surface area contributed by atoms with Crippen LogP contribution < -0.4 is 0 Å². The molecule has 2 rings (SSSR count). The van der Waals surface area contributed by atoms with Crippen LogP contribution in [0.1, 0.15) is 31.7 Å². The highest BCUT2D eigenvalue weighted by molar-refractivity contribution is 8.00. The van der Waals surface area contributed by atoms with E-state index in [1.165, 1.54) is 16.9 Å². The highest BCUT2D eigenvalue weighted by atomic mass is 32.2. The van der Waals surface area contributed by atoms with E-state index in [0.29, 0.717) is 5.25 Å². The van der Waals surface area contributed by atoms with Crippen LogP contribution in [-0.2, 0) is 6.42 Å². The molecule has 0 spiro atoms. The van der Waals surface area contributed by atoms with Gasteiger partial charge in [0.1, 0.15) is 0 Å². The third kappa shape index (κ3) is 2.76. The predicted molar refractivity (Wildman–Crippen MR) is 65.3 cm³/mol. The molecule has 0 fully saturated rings. The molecule has 0 radical (unpaired) electrons. The number of aliphatic hydroxyl groups is 1. The second-order valence-corrected chi connectivity index (χ2v) is 5.53. The third-order valence-corrected chi connectivity index (χ3v) is 4.39. The third-order valence-electron chi connectivity index (χ3n) is 3.01. The molecule has 2 atom stereocenters. The fraction of sp³-hybridized carbons (Fsp3) is 0.538. The lowest BCUT2D eigenvalue weighted by molar-refractivity contribution is 0.157. The van der Waals surface area contributed by atoms with Gasteiger partial charge in [0.25, 0.3) is 0 Å². The molecular weight excluding hydrogens is 204 g/mol. The van der Waals surface area contributed by atoms with Gasteiger partial charge in [0, 0.05) is 10.1 Å². The van der Waals surface area contributed by atoms with Gasteiger partial charge in [-0.2, -0.15) is 0 Å². The molecule has 0 aromatic heterocycles. The summed E-state index contributed by atoms with van der Waals surface area (Å²) in [7, 11) is 0. The van der Waals surface area contributed by atoms with Gasteiger partial charge in [-0.05, 0) is 37.3 Å². The lowest BCUT2D eigenvalue weighted by atomic mass is 10.0. The summed E-state index contributed by atoms with van der Waals surface area (Å²) < 4.78 is 0. The van der Waals surface area contributed by atoms with Gasteiger partial charge in [-0.3, -0.25) is 0 Å². The van der Waals surface area contributed by atoms with Gasteiger partial charge in [0.2, 0.25) is 0 Å². The minimum absolute atomic E-state index is 0.102. The van der Waals surface area contributed by atoms with E-state index in [1.807, 2.05) is 18.7 Å². The standard InChI is InChI=1S/C13H18OS/c1-2-11(14)7-8-12-9-10-5-3-4-6-13(10)15-12/h3-6,11-12,14H,2,7-9H2,1H3. The van der Waals surface area contributed by atoms with Crippen LogP contribution in [-0.4, -0.2) is 16.5 Å². The number of hydrogen-bond donors (Lipinski definition) is 1. The molecule has 15 heavy (non-hydrogen) atoms. The van der Waals surface area contributed by atoms with Crippen molar-refractivity contribution >= 4 is 11.8 Å². The number of thioether (sulfide) groups is 1. The Kier molecular flexibility index (Phi) is 3.71. The molecule has 1 aliphatic rings. The summed E-state index contributed by atoms with van der Waals surface area (Å²) in [5, 5.41) is 10.2. The number of fused-ring (bicyclic) bond motifs is 1. The normalized spacial score (nSPS) is 21.3. The molecule has 0 saturated heterocycles. The Morgan fingerprint density at radius 3 is 3.00 bits per heavy atom. The maximum Gasteiger partial charge on any atom is 0.0538 e. The molecule has 0 aliphatic carbocycles. The first-order valence-corrected chi connectivity index (χ1v) is 6.60. The Balaban J connectivity index is 1.85. The lowest BCUT2D eigenvalue weighted by Gasteiger charge is -2.11. The van der Waals surface area contributed by atoms with E-state index in [2.05, 4.69) is 24.3 Å². The van der Waals surface area contributed by atoms with Gasteiger partial charge in [-0.1, -0.05) is 25.1 Å². The minimum atomic E-state index is -0.102. The summed E-state index contributed by atoms with van der Waals surface area (Å²) in [6, 6.07) is 8.65. The van der Waals surface area contributed by atoms with Crippen LogP contribution in [0.2, 0.25) is 0 Å². The van der Waals surface area contributed by atoms with Crippen LogP contribution in [0.5, 0.6) is 0 Å². The van der Waals surface area contributed by atoms with Crippen molar-refractivity contribution < 1.29 is 5.11 Å². The molecule has 2 heteroatoms. The smallest absolute Gasteiger partial charge is 0.0538 e. The van der Waals surface area contributed by atoms with Crippen molar-refractivity contribution in [3.8, 4) is 0 Å². The Hall–Kier alpha value is -0.470. The highest BCUT2D eigenvalue weighted by Gasteiger charge is 2.21. The first-order valence-electron chi connectivity index (χ1n) is 5.72. The van der Waals surface area contributed by atoms with Crippen molar-refractivity contribution in [2.75, 3.05) is 0 Å². The van der Waals surface area contributed by atoms with E-state index in [1.54, 1.807) is 0 Å². The summed E-state index contributed by atoms with van der Waals surface area (Å²) in [6.07, 6.45) is 4.03. The van der Waals surface area contributed by atoms with E-state index < -0.39 is 0 Å². The molecule has 1 aliphatic heterocycles. The predicted octanol–water partition coefficient (Wildman–Crippen LogP) is 3.25. The zero-order valence-electron chi connectivity index (χ0n) is 9.15. The Morgan fingerprint density at radius 2 is 2.27 bits per heavy atom. The SMILES string of the molecule is CCC(O)CCC1Cc2ccccc2S1. The van der Waals surface area contributed by atoms with Gasteiger partial charge in [-0.15, -0.1) is 11.8 Å². The summed E-state index contributed by atoms with van der Waals surface area (Å²) in [4.78, 5) is 1.44. The van der Waals surface area contributed by atoms with Crippen molar-refractivity contribution in [1.29, 1.82) is 0 Å². The fourth-order valence-electron chi connectivity index (χ4n) is 2.00. The largest absolute Gasteiger partial charge is 0.393 e. The molecule has 0 saturated carbocycles. The minimum Gasteiger partial charge on any atom is -0.393 e. The molecule has 1 nitrogen and oxygen atoms in total. The average molecular weight is 222 g/mol. The van der Waals surface area contributed by atoms with Crippen molar-refractivity contribution in [2.24, 2.45) is 0 Å². The summed E-state index contributed by atoms with van der Waals surface area (Å²) in [5.41, 5.74) is 1.48. The van der Waals surface area contributed by atoms with Crippen LogP contribution in [0.3, 0.4) is 0 Å². The average Bonchev–Trinajstić information content (AvgIpc) is 2.68. The molecular formula is C13H18OS. The zero-order chi connectivity index (χ0) is 10.7. The second kappa shape index (κ2) is 5.04. The lowest BCUT2D eigenvalue weighted by Crippen LogP contribution is -2.09. The van der Waals surface area contributed by atoms with Crippen molar-refractivity contribution in [3.63, 3.8) is 0 Å². The van der Waals surface area contributed by atoms with Gasteiger partial charge in [-0.25, -0.2) is 0 Å². The van der Waals surface area contributed by atoms with E-state index in [0.717, 1.165) is 19.3 Å². The monoisotopic (exact) mass is 222 g/mol. The molecule has 2 unspecified atom stereocenters. The Bertz CT molecular complexity index is 299. The first kappa shape index (κ1) is 11.0. The summed E-state index contributed by atoms with van der Waals surface area (Å²) in [6.45, 7) is 2.04. The number of rotatable bonds is 4. The van der Waals surface area contributed by atoms with Crippen LogP contribution in [0.25, 0.3) is 0 Å². The molecule has 1 aromatic rings. The van der Waals surface area contributed by atoms with E-state index in [-0.39, 0.29) is 6.10 Å². The van der Waals surface area contributed by atoms with E-state index >= 15 is 0 Å². The van der Waals surface area contributed by atoms with Crippen LogP contribution in [0, 0.1) is 0 Å². The molecule has 1 aromatic carbocycles. The zero-order valence-corrected chi connectivity index (χ0v) is 9.96. The van der Waals surface area contributed by atoms with E-state index in [9.17, 15) is 5.11 Å². The van der Waals surface area contributed by atoms with Gasteiger partial charge in [0.05, 0.1) is 6.10 Å². The number of benzene rings is 1. The quantitative estimate of drug-likeness (QED) is 0.844.